The summed E-state index contributed by atoms with van der Waals surface area (Å²) in [6.07, 6.45) is 5.61. The minimum Gasteiger partial charge on any atom is -0.481 e. The summed E-state index contributed by atoms with van der Waals surface area (Å²) in [7, 11) is 0. The highest BCUT2D eigenvalue weighted by atomic mass is 16.5. The summed E-state index contributed by atoms with van der Waals surface area (Å²) in [6.45, 7) is 5.16. The second-order valence-electron chi connectivity index (χ2n) is 9.81. The van der Waals surface area contributed by atoms with Gasteiger partial charge in [0, 0.05) is 13.2 Å². The number of aliphatic carboxylic acids is 1. The summed E-state index contributed by atoms with van der Waals surface area (Å²) in [6, 6.07) is 20.3. The van der Waals surface area contributed by atoms with Gasteiger partial charge in [0.2, 0.25) is 0 Å². The van der Waals surface area contributed by atoms with Gasteiger partial charge in [0.05, 0.1) is 31.7 Å². The van der Waals surface area contributed by atoms with Crippen molar-refractivity contribution in [1.82, 2.24) is 0 Å². The van der Waals surface area contributed by atoms with E-state index < -0.39 is 5.97 Å². The highest BCUT2D eigenvalue weighted by molar-refractivity contribution is 5.73. The quantitative estimate of drug-likeness (QED) is 0.275. The van der Waals surface area contributed by atoms with Gasteiger partial charge in [-0.05, 0) is 68.4 Å². The van der Waals surface area contributed by atoms with Gasteiger partial charge in [-0.15, -0.1) is 0 Å². The van der Waals surface area contributed by atoms with Crippen molar-refractivity contribution in [2.75, 3.05) is 19.8 Å². The van der Waals surface area contributed by atoms with E-state index in [1.165, 1.54) is 11.1 Å². The first kappa shape index (κ1) is 27.9. The van der Waals surface area contributed by atoms with Gasteiger partial charge in [0.1, 0.15) is 0 Å². The first-order valence-electron chi connectivity index (χ1n) is 13.2. The Morgan fingerprint density at radius 1 is 0.750 bits per heavy atom. The van der Waals surface area contributed by atoms with E-state index in [9.17, 15) is 9.59 Å². The number of carboxylic acids is 1. The zero-order valence-corrected chi connectivity index (χ0v) is 21.3. The fraction of sp³-hybridized carbons (Fsp3) is 0.533. The van der Waals surface area contributed by atoms with Crippen molar-refractivity contribution in [2.45, 2.75) is 58.7 Å². The summed E-state index contributed by atoms with van der Waals surface area (Å²) in [4.78, 5) is 22.0. The summed E-state index contributed by atoms with van der Waals surface area (Å²) < 4.78 is 16.2. The van der Waals surface area contributed by atoms with Crippen LogP contribution in [0.2, 0.25) is 0 Å². The maximum absolute atomic E-state index is 11.4. The summed E-state index contributed by atoms with van der Waals surface area (Å²) in [5.41, 5.74) is 2.39. The summed E-state index contributed by atoms with van der Waals surface area (Å²) in [5, 5.41) is 8.74. The molecule has 2 aliphatic rings. The number of esters is 1. The SMILES string of the molecule is CCOC(=O)C1CC(CCOCc2ccccc2)C1.O=C(O)C1CC(CCOCc2ccccc2)C1. The van der Waals surface area contributed by atoms with Crippen LogP contribution >= 0.6 is 0 Å². The van der Waals surface area contributed by atoms with E-state index >= 15 is 0 Å². The number of ether oxygens (including phenoxy) is 3. The molecule has 0 amide bonds. The third-order valence-corrected chi connectivity index (χ3v) is 7.00. The van der Waals surface area contributed by atoms with E-state index in [1.54, 1.807) is 0 Å². The summed E-state index contributed by atoms with van der Waals surface area (Å²) in [5.74, 6) is 0.542. The molecule has 0 spiro atoms. The Hall–Kier alpha value is -2.70. The average Bonchev–Trinajstić information content (AvgIpc) is 2.83. The molecule has 0 unspecified atom stereocenters. The fourth-order valence-corrected chi connectivity index (χ4v) is 4.63. The van der Waals surface area contributed by atoms with Gasteiger partial charge in [-0.1, -0.05) is 60.7 Å². The molecule has 0 saturated heterocycles. The Morgan fingerprint density at radius 2 is 1.19 bits per heavy atom. The molecule has 0 aromatic heterocycles. The Labute approximate surface area is 215 Å². The minimum atomic E-state index is -0.647. The number of carbonyl (C=O) groups excluding carboxylic acids is 1. The van der Waals surface area contributed by atoms with Crippen molar-refractivity contribution >= 4 is 11.9 Å². The molecule has 196 valence electrons. The van der Waals surface area contributed by atoms with Crippen molar-refractivity contribution in [1.29, 1.82) is 0 Å². The van der Waals surface area contributed by atoms with Crippen LogP contribution in [0.25, 0.3) is 0 Å². The van der Waals surface area contributed by atoms with Crippen molar-refractivity contribution in [3.63, 3.8) is 0 Å². The molecule has 2 aromatic rings. The molecule has 1 N–H and O–H groups in total. The largest absolute Gasteiger partial charge is 0.481 e. The highest BCUT2D eigenvalue weighted by Gasteiger charge is 2.35. The average molecular weight is 497 g/mol. The molecule has 0 heterocycles. The third-order valence-electron chi connectivity index (χ3n) is 7.00. The lowest BCUT2D eigenvalue weighted by Gasteiger charge is -2.33. The number of hydrogen-bond donors (Lipinski definition) is 1. The Morgan fingerprint density at radius 3 is 1.61 bits per heavy atom. The second-order valence-corrected chi connectivity index (χ2v) is 9.81. The topological polar surface area (TPSA) is 82.1 Å². The van der Waals surface area contributed by atoms with Gasteiger partial charge in [-0.2, -0.15) is 0 Å². The molecule has 0 atom stereocenters. The van der Waals surface area contributed by atoms with E-state index in [1.807, 2.05) is 55.5 Å². The first-order valence-corrected chi connectivity index (χ1v) is 13.2. The Kier molecular flexibility index (Phi) is 11.9. The molecular weight excluding hydrogens is 456 g/mol. The van der Waals surface area contributed by atoms with Crippen LogP contribution in [0.5, 0.6) is 0 Å². The number of rotatable bonds is 13. The van der Waals surface area contributed by atoms with Crippen LogP contribution in [-0.2, 0) is 37.0 Å². The number of hydrogen-bond acceptors (Lipinski definition) is 5. The molecule has 6 nitrogen and oxygen atoms in total. The van der Waals surface area contributed by atoms with Gasteiger partial charge >= 0.3 is 11.9 Å². The lowest BCUT2D eigenvalue weighted by atomic mass is 9.73. The van der Waals surface area contributed by atoms with E-state index in [0.717, 1.165) is 51.7 Å². The van der Waals surface area contributed by atoms with Crippen LogP contribution in [0, 0.1) is 23.7 Å². The maximum atomic E-state index is 11.4. The zero-order valence-electron chi connectivity index (χ0n) is 21.3. The molecule has 6 heteroatoms. The van der Waals surface area contributed by atoms with Crippen LogP contribution in [0.1, 0.15) is 56.6 Å². The number of carboxylic acid groups (broad SMARTS) is 1. The fourth-order valence-electron chi connectivity index (χ4n) is 4.63. The molecule has 2 saturated carbocycles. The summed E-state index contributed by atoms with van der Waals surface area (Å²) >= 11 is 0. The normalized spacial score (nSPS) is 22.4. The molecule has 4 rings (SSSR count). The van der Waals surface area contributed by atoms with E-state index in [2.05, 4.69) is 12.1 Å². The predicted molar refractivity (Wildman–Crippen MR) is 138 cm³/mol. The van der Waals surface area contributed by atoms with E-state index in [4.69, 9.17) is 19.3 Å². The van der Waals surface area contributed by atoms with Gasteiger partial charge in [-0.3, -0.25) is 9.59 Å². The van der Waals surface area contributed by atoms with Gasteiger partial charge < -0.3 is 19.3 Å². The standard InChI is InChI=1S/C16H22O3.C14H18O3/c1-2-19-16(17)15-10-14(11-15)8-9-18-12-13-6-4-3-5-7-13;15-14(16)13-8-12(9-13)6-7-17-10-11-4-2-1-3-5-11/h3-7,14-15H,2,8-12H2,1H3;1-5,12-13H,6-10H2,(H,15,16). The van der Waals surface area contributed by atoms with Crippen molar-refractivity contribution in [3.8, 4) is 0 Å². The van der Waals surface area contributed by atoms with Crippen molar-refractivity contribution in [2.24, 2.45) is 23.7 Å². The smallest absolute Gasteiger partial charge is 0.308 e. The number of benzene rings is 2. The molecule has 0 radical (unpaired) electrons. The molecule has 2 aliphatic carbocycles. The molecule has 36 heavy (non-hydrogen) atoms. The zero-order chi connectivity index (χ0) is 25.6. The van der Waals surface area contributed by atoms with E-state index in [-0.39, 0.29) is 17.8 Å². The van der Waals surface area contributed by atoms with Crippen LogP contribution in [-0.4, -0.2) is 36.9 Å². The van der Waals surface area contributed by atoms with Crippen LogP contribution in [0.15, 0.2) is 60.7 Å². The van der Waals surface area contributed by atoms with Gasteiger partial charge in [-0.25, -0.2) is 0 Å². The molecular formula is C30H40O6. The van der Waals surface area contributed by atoms with Gasteiger partial charge in [0.25, 0.3) is 0 Å². The van der Waals surface area contributed by atoms with Crippen LogP contribution in [0.3, 0.4) is 0 Å². The third kappa shape index (κ3) is 9.75. The van der Waals surface area contributed by atoms with Crippen molar-refractivity contribution < 1.29 is 28.9 Å². The Balaban J connectivity index is 0.000000202. The molecule has 2 aromatic carbocycles. The number of carbonyl (C=O) groups is 2. The first-order chi connectivity index (χ1) is 17.5. The lowest BCUT2D eigenvalue weighted by molar-refractivity contribution is -0.153. The predicted octanol–water partition coefficient (Wildman–Crippen LogP) is 5.89. The van der Waals surface area contributed by atoms with Crippen LogP contribution < -0.4 is 0 Å². The molecule has 2 fully saturated rings. The van der Waals surface area contributed by atoms with Crippen LogP contribution in [0.4, 0.5) is 0 Å². The van der Waals surface area contributed by atoms with Crippen molar-refractivity contribution in [3.05, 3.63) is 71.8 Å². The van der Waals surface area contributed by atoms with E-state index in [0.29, 0.717) is 31.7 Å². The Bertz CT molecular complexity index is 888. The van der Waals surface area contributed by atoms with Gasteiger partial charge in [0.15, 0.2) is 0 Å². The lowest BCUT2D eigenvalue weighted by Crippen LogP contribution is -2.32. The molecule has 0 aliphatic heterocycles. The minimum absolute atomic E-state index is 0.0241. The highest BCUT2D eigenvalue weighted by Crippen LogP contribution is 2.37. The second kappa shape index (κ2) is 15.4. The monoisotopic (exact) mass is 496 g/mol. The maximum Gasteiger partial charge on any atom is 0.308 e. The molecule has 0 bridgehead atoms.